The Morgan fingerprint density at radius 1 is 0.800 bits per heavy atom. The topological polar surface area (TPSA) is 49.3 Å². The van der Waals surface area contributed by atoms with E-state index in [1.165, 1.54) is 11.1 Å². The van der Waals surface area contributed by atoms with Crippen LogP contribution in [0.3, 0.4) is 0 Å². The number of unbranched alkanes of at least 4 members (excludes halogenated alkanes) is 4. The first-order valence-corrected chi connectivity index (χ1v) is 9.28. The largest absolute Gasteiger partial charge is 0.396 e. The van der Waals surface area contributed by atoms with Gasteiger partial charge in [-0.1, -0.05) is 79.9 Å². The smallest absolute Gasteiger partial charge is 0.220 e. The van der Waals surface area contributed by atoms with Crippen molar-refractivity contribution in [1.29, 1.82) is 0 Å². The van der Waals surface area contributed by atoms with Crippen LogP contribution in [0, 0.1) is 0 Å². The molecule has 0 unspecified atom stereocenters. The van der Waals surface area contributed by atoms with Crippen LogP contribution in [0.25, 0.3) is 0 Å². The van der Waals surface area contributed by atoms with Gasteiger partial charge in [0.15, 0.2) is 0 Å². The van der Waals surface area contributed by atoms with Gasteiger partial charge in [0.05, 0.1) is 0 Å². The van der Waals surface area contributed by atoms with Gasteiger partial charge < -0.3 is 10.4 Å². The Morgan fingerprint density at radius 2 is 1.32 bits per heavy atom. The molecular formula is C22H29NO2. The lowest BCUT2D eigenvalue weighted by atomic mass is 9.88. The van der Waals surface area contributed by atoms with Crippen molar-refractivity contribution in [1.82, 2.24) is 5.32 Å². The second kappa shape index (κ2) is 11.4. The standard InChI is InChI=1S/C22H29NO2/c24-17-11-3-1-2-10-16-23-22(25)18-21(19-12-6-4-7-13-19)20-14-8-5-9-15-20/h4-9,12-15,21,24H,1-3,10-11,16-18H2,(H,23,25). The third-order valence-corrected chi connectivity index (χ3v) is 4.45. The summed E-state index contributed by atoms with van der Waals surface area (Å²) in [6.45, 7) is 1.01. The summed E-state index contributed by atoms with van der Waals surface area (Å²) in [4.78, 5) is 12.4. The molecule has 0 heterocycles. The Hall–Kier alpha value is -2.13. The van der Waals surface area contributed by atoms with Gasteiger partial charge in [0, 0.05) is 25.5 Å². The molecule has 2 rings (SSSR count). The van der Waals surface area contributed by atoms with Gasteiger partial charge in [-0.25, -0.2) is 0 Å². The van der Waals surface area contributed by atoms with Gasteiger partial charge in [-0.15, -0.1) is 0 Å². The molecule has 3 heteroatoms. The number of hydrogen-bond donors (Lipinski definition) is 2. The summed E-state index contributed by atoms with van der Waals surface area (Å²) in [6, 6.07) is 20.5. The van der Waals surface area contributed by atoms with Crippen molar-refractivity contribution in [3.63, 3.8) is 0 Å². The number of aliphatic hydroxyl groups excluding tert-OH is 1. The lowest BCUT2D eigenvalue weighted by Crippen LogP contribution is -2.26. The molecule has 0 spiro atoms. The molecule has 0 aliphatic heterocycles. The van der Waals surface area contributed by atoms with Crippen molar-refractivity contribution in [2.24, 2.45) is 0 Å². The highest BCUT2D eigenvalue weighted by atomic mass is 16.2. The fourth-order valence-electron chi connectivity index (χ4n) is 3.05. The molecule has 0 saturated heterocycles. The molecule has 0 fully saturated rings. The maximum atomic E-state index is 12.4. The van der Waals surface area contributed by atoms with Crippen LogP contribution < -0.4 is 5.32 Å². The van der Waals surface area contributed by atoms with Gasteiger partial charge >= 0.3 is 0 Å². The van der Waals surface area contributed by atoms with E-state index in [9.17, 15) is 4.79 Å². The Balaban J connectivity index is 1.84. The molecule has 0 aliphatic rings. The molecule has 25 heavy (non-hydrogen) atoms. The minimum Gasteiger partial charge on any atom is -0.396 e. The summed E-state index contributed by atoms with van der Waals surface area (Å²) < 4.78 is 0. The van der Waals surface area contributed by atoms with Crippen molar-refractivity contribution >= 4 is 5.91 Å². The SMILES string of the molecule is O=C(CC(c1ccccc1)c1ccccc1)NCCCCCCCO. The molecule has 2 aromatic carbocycles. The van der Waals surface area contributed by atoms with Gasteiger partial charge in [0.25, 0.3) is 0 Å². The number of carbonyl (C=O) groups excluding carboxylic acids is 1. The summed E-state index contributed by atoms with van der Waals surface area (Å²) >= 11 is 0. The molecule has 0 saturated carbocycles. The predicted molar refractivity (Wildman–Crippen MR) is 103 cm³/mol. The van der Waals surface area contributed by atoms with Crippen molar-refractivity contribution in [2.45, 2.75) is 44.4 Å². The van der Waals surface area contributed by atoms with E-state index >= 15 is 0 Å². The van der Waals surface area contributed by atoms with E-state index in [1.54, 1.807) is 0 Å². The maximum Gasteiger partial charge on any atom is 0.220 e. The van der Waals surface area contributed by atoms with Crippen LogP contribution >= 0.6 is 0 Å². The third kappa shape index (κ3) is 7.10. The van der Waals surface area contributed by atoms with Crippen LogP contribution in [0.15, 0.2) is 60.7 Å². The van der Waals surface area contributed by atoms with Crippen LogP contribution in [0.2, 0.25) is 0 Å². The van der Waals surface area contributed by atoms with Crippen LogP contribution in [0.5, 0.6) is 0 Å². The molecule has 0 bridgehead atoms. The van der Waals surface area contributed by atoms with Gasteiger partial charge in [0.1, 0.15) is 0 Å². The van der Waals surface area contributed by atoms with E-state index in [2.05, 4.69) is 29.6 Å². The molecular weight excluding hydrogens is 310 g/mol. The second-order valence-corrected chi connectivity index (χ2v) is 6.42. The van der Waals surface area contributed by atoms with Crippen molar-refractivity contribution in [3.05, 3.63) is 71.8 Å². The number of rotatable bonds is 11. The third-order valence-electron chi connectivity index (χ3n) is 4.45. The van der Waals surface area contributed by atoms with E-state index in [4.69, 9.17) is 5.11 Å². The van der Waals surface area contributed by atoms with Crippen molar-refractivity contribution < 1.29 is 9.90 Å². The maximum absolute atomic E-state index is 12.4. The zero-order valence-corrected chi connectivity index (χ0v) is 14.9. The minimum absolute atomic E-state index is 0.0898. The van der Waals surface area contributed by atoms with E-state index < -0.39 is 0 Å². The number of carbonyl (C=O) groups is 1. The fourth-order valence-corrected chi connectivity index (χ4v) is 3.05. The number of nitrogens with one attached hydrogen (secondary N) is 1. The summed E-state index contributed by atoms with van der Waals surface area (Å²) in [5, 5.41) is 11.8. The molecule has 0 aliphatic carbocycles. The Morgan fingerprint density at radius 3 is 1.88 bits per heavy atom. The average Bonchev–Trinajstić information content (AvgIpc) is 2.67. The molecule has 0 atom stereocenters. The Labute approximate surface area is 151 Å². The molecule has 0 aromatic heterocycles. The van der Waals surface area contributed by atoms with Crippen molar-refractivity contribution in [2.75, 3.05) is 13.2 Å². The highest BCUT2D eigenvalue weighted by Gasteiger charge is 2.17. The molecule has 0 radical (unpaired) electrons. The van der Waals surface area contributed by atoms with E-state index in [0.29, 0.717) is 6.42 Å². The van der Waals surface area contributed by atoms with Crippen molar-refractivity contribution in [3.8, 4) is 0 Å². The number of hydrogen-bond acceptors (Lipinski definition) is 2. The van der Waals surface area contributed by atoms with E-state index in [-0.39, 0.29) is 18.4 Å². The highest BCUT2D eigenvalue weighted by Crippen LogP contribution is 2.27. The quantitative estimate of drug-likeness (QED) is 0.601. The van der Waals surface area contributed by atoms with E-state index in [1.807, 2.05) is 36.4 Å². The average molecular weight is 339 g/mol. The number of amides is 1. The lowest BCUT2D eigenvalue weighted by Gasteiger charge is -2.18. The first kappa shape index (κ1) is 19.2. The van der Waals surface area contributed by atoms with Crippen LogP contribution in [-0.4, -0.2) is 24.2 Å². The zero-order chi connectivity index (χ0) is 17.7. The number of benzene rings is 2. The molecule has 2 N–H and O–H groups in total. The first-order chi connectivity index (χ1) is 12.3. The van der Waals surface area contributed by atoms with Crippen LogP contribution in [0.4, 0.5) is 0 Å². The second-order valence-electron chi connectivity index (χ2n) is 6.42. The monoisotopic (exact) mass is 339 g/mol. The van der Waals surface area contributed by atoms with Crippen LogP contribution in [0.1, 0.15) is 55.6 Å². The van der Waals surface area contributed by atoms with Gasteiger partial charge in [-0.3, -0.25) is 4.79 Å². The Kier molecular flexibility index (Phi) is 8.78. The van der Waals surface area contributed by atoms with Gasteiger partial charge in [-0.2, -0.15) is 0 Å². The highest BCUT2D eigenvalue weighted by molar-refractivity contribution is 5.77. The minimum atomic E-state index is 0.0898. The lowest BCUT2D eigenvalue weighted by molar-refractivity contribution is -0.121. The predicted octanol–water partition coefficient (Wildman–Crippen LogP) is 4.27. The fraction of sp³-hybridized carbons (Fsp3) is 0.409. The Bertz CT molecular complexity index is 558. The first-order valence-electron chi connectivity index (χ1n) is 9.28. The van der Waals surface area contributed by atoms with Gasteiger partial charge in [0.2, 0.25) is 5.91 Å². The zero-order valence-electron chi connectivity index (χ0n) is 14.9. The summed E-state index contributed by atoms with van der Waals surface area (Å²) in [5.41, 5.74) is 2.35. The normalized spacial score (nSPS) is 10.8. The summed E-state index contributed by atoms with van der Waals surface area (Å²) in [7, 11) is 0. The van der Waals surface area contributed by atoms with Gasteiger partial charge in [-0.05, 0) is 24.0 Å². The van der Waals surface area contributed by atoms with Crippen LogP contribution in [-0.2, 0) is 4.79 Å². The van der Waals surface area contributed by atoms with E-state index in [0.717, 1.165) is 38.6 Å². The molecule has 3 nitrogen and oxygen atoms in total. The summed E-state index contributed by atoms with van der Waals surface area (Å²) in [6.07, 6.45) is 5.63. The number of aliphatic hydroxyl groups is 1. The molecule has 1 amide bonds. The molecule has 134 valence electrons. The summed E-state index contributed by atoms with van der Waals surface area (Å²) in [5.74, 6) is 0.194. The molecule has 2 aromatic rings.